The molecule has 1 aromatic carbocycles. The molecule has 0 saturated heterocycles. The molecular weight excluding hydrogens is 304 g/mol. The summed E-state index contributed by atoms with van der Waals surface area (Å²) >= 11 is 9.31. The molecule has 0 spiro atoms. The lowest BCUT2D eigenvalue weighted by Gasteiger charge is -2.10. The maximum atomic E-state index is 5.91. The molecule has 0 saturated carbocycles. The molecule has 0 aliphatic heterocycles. The molecule has 1 aromatic heterocycles. The second-order valence-electron chi connectivity index (χ2n) is 3.61. The maximum Gasteiger partial charge on any atom is 0.226 e. The first-order valence-corrected chi connectivity index (χ1v) is 6.16. The van der Waals surface area contributed by atoms with Gasteiger partial charge in [0, 0.05) is 10.0 Å². The molecule has 88 valence electrons. The van der Waals surface area contributed by atoms with E-state index in [1.807, 2.05) is 32.0 Å². The highest BCUT2D eigenvalue weighted by atomic mass is 79.9. The molecule has 5 heteroatoms. The van der Waals surface area contributed by atoms with Gasteiger partial charge >= 0.3 is 0 Å². The Morgan fingerprint density at radius 2 is 2.00 bits per heavy atom. The van der Waals surface area contributed by atoms with Crippen molar-refractivity contribution in [2.75, 3.05) is 0 Å². The van der Waals surface area contributed by atoms with Crippen molar-refractivity contribution in [2.24, 2.45) is 0 Å². The largest absolute Gasteiger partial charge is 0.438 e. The normalized spacial score (nSPS) is 10.4. The fraction of sp³-hybridized carbons (Fsp3) is 0.167. The number of halogens is 2. The number of hydrogen-bond donors (Lipinski definition) is 0. The summed E-state index contributed by atoms with van der Waals surface area (Å²) in [7, 11) is 0. The molecule has 1 heterocycles. The van der Waals surface area contributed by atoms with Gasteiger partial charge in [-0.25, -0.2) is 9.97 Å². The minimum Gasteiger partial charge on any atom is -0.438 e. The molecule has 0 amide bonds. The van der Waals surface area contributed by atoms with Gasteiger partial charge in [0.15, 0.2) is 0 Å². The zero-order chi connectivity index (χ0) is 12.4. The maximum absolute atomic E-state index is 5.91. The number of aryl methyl sites for hydroxylation is 1. The van der Waals surface area contributed by atoms with Gasteiger partial charge in [0.2, 0.25) is 5.88 Å². The molecule has 0 N–H and O–H groups in total. The first kappa shape index (κ1) is 12.3. The van der Waals surface area contributed by atoms with Gasteiger partial charge in [-0.15, -0.1) is 0 Å². The van der Waals surface area contributed by atoms with E-state index in [1.165, 1.54) is 6.33 Å². The summed E-state index contributed by atoms with van der Waals surface area (Å²) in [4.78, 5) is 7.96. The standard InChI is InChI=1S/C12H10BrClN2O/c1-7-3-4-9(13)5-10(7)17-12-8(2)11(14)15-6-16-12/h3-6H,1-2H3. The molecule has 0 radical (unpaired) electrons. The summed E-state index contributed by atoms with van der Waals surface area (Å²) < 4.78 is 6.69. The van der Waals surface area contributed by atoms with Crippen LogP contribution in [0.4, 0.5) is 0 Å². The van der Waals surface area contributed by atoms with E-state index in [-0.39, 0.29) is 0 Å². The lowest BCUT2D eigenvalue weighted by atomic mass is 10.2. The van der Waals surface area contributed by atoms with Crippen molar-refractivity contribution >= 4 is 27.5 Å². The summed E-state index contributed by atoms with van der Waals surface area (Å²) in [6.07, 6.45) is 1.39. The predicted octanol–water partition coefficient (Wildman–Crippen LogP) is 4.30. The van der Waals surface area contributed by atoms with Crippen molar-refractivity contribution in [3.05, 3.63) is 45.3 Å². The highest BCUT2D eigenvalue weighted by molar-refractivity contribution is 9.10. The molecule has 3 nitrogen and oxygen atoms in total. The zero-order valence-corrected chi connectivity index (χ0v) is 11.7. The van der Waals surface area contributed by atoms with Crippen molar-refractivity contribution < 1.29 is 4.74 Å². The van der Waals surface area contributed by atoms with Crippen LogP contribution in [0.5, 0.6) is 11.6 Å². The Labute approximate surface area is 113 Å². The molecule has 0 bridgehead atoms. The van der Waals surface area contributed by atoms with Crippen LogP contribution in [0.3, 0.4) is 0 Å². The average molecular weight is 314 g/mol. The molecule has 2 rings (SSSR count). The van der Waals surface area contributed by atoms with Crippen molar-refractivity contribution in [3.8, 4) is 11.6 Å². The highest BCUT2D eigenvalue weighted by Gasteiger charge is 2.09. The summed E-state index contributed by atoms with van der Waals surface area (Å²) in [5.74, 6) is 1.23. The monoisotopic (exact) mass is 312 g/mol. The summed E-state index contributed by atoms with van der Waals surface area (Å²) in [6.45, 7) is 3.80. The number of nitrogens with zero attached hydrogens (tertiary/aromatic N) is 2. The van der Waals surface area contributed by atoms with Crippen LogP contribution in [0, 0.1) is 13.8 Å². The fourth-order valence-electron chi connectivity index (χ4n) is 1.30. The summed E-state index contributed by atoms with van der Waals surface area (Å²) in [6, 6.07) is 5.82. The van der Waals surface area contributed by atoms with Gasteiger partial charge in [0.05, 0.1) is 0 Å². The molecule has 2 aromatic rings. The Morgan fingerprint density at radius 3 is 2.76 bits per heavy atom. The van der Waals surface area contributed by atoms with E-state index in [0.717, 1.165) is 21.3 Å². The smallest absolute Gasteiger partial charge is 0.226 e. The number of aromatic nitrogens is 2. The lowest BCUT2D eigenvalue weighted by molar-refractivity contribution is 0.453. The molecule has 0 aliphatic rings. The minimum absolute atomic E-state index is 0.405. The van der Waals surface area contributed by atoms with Crippen molar-refractivity contribution in [1.29, 1.82) is 0 Å². The van der Waals surface area contributed by atoms with E-state index in [2.05, 4.69) is 25.9 Å². The number of ether oxygens (including phenoxy) is 1. The average Bonchev–Trinajstić information content (AvgIpc) is 2.30. The van der Waals surface area contributed by atoms with Crippen LogP contribution in [-0.2, 0) is 0 Å². The van der Waals surface area contributed by atoms with E-state index >= 15 is 0 Å². The molecular formula is C12H10BrClN2O. The quantitative estimate of drug-likeness (QED) is 0.775. The second-order valence-corrected chi connectivity index (χ2v) is 4.88. The first-order valence-electron chi connectivity index (χ1n) is 4.99. The zero-order valence-electron chi connectivity index (χ0n) is 9.37. The molecule has 0 atom stereocenters. The minimum atomic E-state index is 0.405. The Hall–Kier alpha value is -1.13. The van der Waals surface area contributed by atoms with Gasteiger partial charge in [-0.1, -0.05) is 33.6 Å². The Balaban J connectivity index is 2.38. The van der Waals surface area contributed by atoms with Gasteiger partial charge < -0.3 is 4.74 Å². The number of rotatable bonds is 2. The van der Waals surface area contributed by atoms with Crippen LogP contribution in [0.15, 0.2) is 29.0 Å². The van der Waals surface area contributed by atoms with Crippen molar-refractivity contribution in [2.45, 2.75) is 13.8 Å². The van der Waals surface area contributed by atoms with Crippen LogP contribution < -0.4 is 4.74 Å². The van der Waals surface area contributed by atoms with Crippen LogP contribution in [-0.4, -0.2) is 9.97 Å². The summed E-state index contributed by atoms with van der Waals surface area (Å²) in [5, 5.41) is 0.405. The van der Waals surface area contributed by atoms with E-state index in [4.69, 9.17) is 16.3 Å². The van der Waals surface area contributed by atoms with Crippen molar-refractivity contribution in [1.82, 2.24) is 9.97 Å². The third kappa shape index (κ3) is 2.76. The van der Waals surface area contributed by atoms with E-state index < -0.39 is 0 Å². The highest BCUT2D eigenvalue weighted by Crippen LogP contribution is 2.30. The molecule has 0 unspecified atom stereocenters. The molecule has 17 heavy (non-hydrogen) atoms. The molecule has 0 fully saturated rings. The van der Waals surface area contributed by atoms with Crippen LogP contribution >= 0.6 is 27.5 Å². The van der Waals surface area contributed by atoms with Gasteiger partial charge in [0.1, 0.15) is 17.2 Å². The van der Waals surface area contributed by atoms with E-state index in [0.29, 0.717) is 11.0 Å². The van der Waals surface area contributed by atoms with Crippen LogP contribution in [0.2, 0.25) is 5.15 Å². The third-order valence-corrected chi connectivity index (χ3v) is 3.21. The third-order valence-electron chi connectivity index (χ3n) is 2.33. The summed E-state index contributed by atoms with van der Waals surface area (Å²) in [5.41, 5.74) is 1.76. The Bertz CT molecular complexity index is 560. The SMILES string of the molecule is Cc1ccc(Br)cc1Oc1ncnc(Cl)c1C. The Morgan fingerprint density at radius 1 is 1.24 bits per heavy atom. The number of benzene rings is 1. The van der Waals surface area contributed by atoms with E-state index in [1.54, 1.807) is 0 Å². The molecule has 0 aliphatic carbocycles. The van der Waals surface area contributed by atoms with Crippen LogP contribution in [0.25, 0.3) is 0 Å². The Kier molecular flexibility index (Phi) is 3.64. The van der Waals surface area contributed by atoms with Crippen molar-refractivity contribution in [3.63, 3.8) is 0 Å². The fourth-order valence-corrected chi connectivity index (χ4v) is 1.77. The van der Waals surface area contributed by atoms with Gasteiger partial charge in [-0.3, -0.25) is 0 Å². The van der Waals surface area contributed by atoms with Gasteiger partial charge in [-0.2, -0.15) is 0 Å². The van der Waals surface area contributed by atoms with E-state index in [9.17, 15) is 0 Å². The number of hydrogen-bond acceptors (Lipinski definition) is 3. The topological polar surface area (TPSA) is 35.0 Å². The predicted molar refractivity (Wildman–Crippen MR) is 70.7 cm³/mol. The van der Waals surface area contributed by atoms with Gasteiger partial charge in [-0.05, 0) is 31.5 Å². The first-order chi connectivity index (χ1) is 8.08. The van der Waals surface area contributed by atoms with Crippen LogP contribution in [0.1, 0.15) is 11.1 Å². The van der Waals surface area contributed by atoms with Gasteiger partial charge in [0.25, 0.3) is 0 Å². The second kappa shape index (κ2) is 5.02. The lowest BCUT2D eigenvalue weighted by Crippen LogP contribution is -1.95.